The molecule has 0 aliphatic carbocycles. The Bertz CT molecular complexity index is 1300. The number of aliphatic hydroxyl groups excluding tert-OH is 1. The molecular formula is C26H29FN6O. The summed E-state index contributed by atoms with van der Waals surface area (Å²) in [6.07, 6.45) is 1.02. The van der Waals surface area contributed by atoms with Gasteiger partial charge in [0.25, 0.3) is 0 Å². The highest BCUT2D eigenvalue weighted by Crippen LogP contribution is 2.44. The largest absolute Gasteiger partial charge is 0.395 e. The molecule has 3 aromatic rings. The zero-order valence-electron chi connectivity index (χ0n) is 19.8. The van der Waals surface area contributed by atoms with Crippen LogP contribution in [0.25, 0.3) is 10.8 Å². The number of likely N-dealkylation sites (tertiary alicyclic amines) is 1. The number of anilines is 2. The lowest BCUT2D eigenvalue weighted by atomic mass is 9.77. The van der Waals surface area contributed by atoms with Crippen molar-refractivity contribution in [3.05, 3.63) is 58.5 Å². The summed E-state index contributed by atoms with van der Waals surface area (Å²) in [6.45, 7) is 9.10. The average Bonchev–Trinajstić information content (AvgIpc) is 2.78. The topological polar surface area (TPSA) is 88.3 Å². The fourth-order valence-electron chi connectivity index (χ4n) is 5.46. The molecule has 2 aromatic carbocycles. The van der Waals surface area contributed by atoms with Crippen molar-refractivity contribution in [3.8, 4) is 6.07 Å². The number of aromatic nitrogens is 2. The van der Waals surface area contributed by atoms with E-state index in [1.807, 2.05) is 45.0 Å². The number of benzene rings is 2. The Morgan fingerprint density at radius 1 is 1.24 bits per heavy atom. The minimum absolute atomic E-state index is 0.0467. The summed E-state index contributed by atoms with van der Waals surface area (Å²) in [5.74, 6) is 0.348. The number of halogens is 1. The van der Waals surface area contributed by atoms with Gasteiger partial charge in [-0.05, 0) is 56.5 Å². The first-order chi connectivity index (χ1) is 16.4. The molecule has 5 rings (SSSR count). The minimum atomic E-state index is -0.250. The summed E-state index contributed by atoms with van der Waals surface area (Å²) in [5, 5.41) is 32.3. The Labute approximate surface area is 198 Å². The van der Waals surface area contributed by atoms with Gasteiger partial charge in [0, 0.05) is 37.0 Å². The SMILES string of the molecule is Cc1c(C#N)cccc1[C@@H](C)Nc1nnc(C)c2cc(F)c(N3CCC34CN(CCO)C4)cc12. The van der Waals surface area contributed by atoms with Crippen molar-refractivity contribution in [3.63, 3.8) is 0 Å². The molecule has 2 N–H and O–H groups in total. The summed E-state index contributed by atoms with van der Waals surface area (Å²) in [4.78, 5) is 4.37. The fourth-order valence-corrected chi connectivity index (χ4v) is 5.46. The van der Waals surface area contributed by atoms with Crippen LogP contribution in [-0.4, -0.2) is 58.5 Å². The number of nitrogens with zero attached hydrogens (tertiary/aromatic N) is 5. The molecule has 1 spiro atoms. The number of fused-ring (bicyclic) bond motifs is 1. The van der Waals surface area contributed by atoms with Crippen molar-refractivity contribution in [2.24, 2.45) is 0 Å². The summed E-state index contributed by atoms with van der Waals surface area (Å²) in [5.41, 5.74) is 3.81. The van der Waals surface area contributed by atoms with Crippen LogP contribution in [0, 0.1) is 31.0 Å². The summed E-state index contributed by atoms with van der Waals surface area (Å²) in [6, 6.07) is 11.3. The van der Waals surface area contributed by atoms with E-state index < -0.39 is 0 Å². The highest BCUT2D eigenvalue weighted by atomic mass is 19.1. The van der Waals surface area contributed by atoms with Crippen molar-refractivity contribution < 1.29 is 9.50 Å². The summed E-state index contributed by atoms with van der Waals surface area (Å²) in [7, 11) is 0. The zero-order chi connectivity index (χ0) is 24.0. The second-order valence-electron chi connectivity index (χ2n) is 9.54. The molecule has 2 saturated heterocycles. The van der Waals surface area contributed by atoms with Gasteiger partial charge in [-0.3, -0.25) is 4.90 Å². The van der Waals surface area contributed by atoms with Crippen molar-refractivity contribution in [2.45, 2.75) is 38.8 Å². The van der Waals surface area contributed by atoms with Gasteiger partial charge < -0.3 is 15.3 Å². The first-order valence-corrected chi connectivity index (χ1v) is 11.7. The van der Waals surface area contributed by atoms with Crippen molar-refractivity contribution in [1.82, 2.24) is 15.1 Å². The molecule has 2 aliphatic rings. The van der Waals surface area contributed by atoms with E-state index in [2.05, 4.69) is 31.4 Å². The molecule has 3 heterocycles. The molecule has 2 fully saturated rings. The van der Waals surface area contributed by atoms with E-state index in [9.17, 15) is 10.4 Å². The number of hydrogen-bond acceptors (Lipinski definition) is 7. The molecule has 0 saturated carbocycles. The predicted octanol–water partition coefficient (Wildman–Crippen LogP) is 3.69. The Hall–Kier alpha value is -3.28. The normalized spacial score (nSPS) is 17.8. The number of aryl methyl sites for hydroxylation is 1. The van der Waals surface area contributed by atoms with Gasteiger partial charge in [0.2, 0.25) is 0 Å². The standard InChI is InChI=1S/C26H29FN6O/c1-16-19(13-28)5-4-6-20(16)17(2)29-25-22-12-24(23(27)11-21(22)18(3)30-31-25)33-8-7-26(33)14-32(15-26)9-10-34/h4-6,11-12,17,34H,7-10,14-15H2,1-3H3,(H,29,31)/t17-/m1/s1. The van der Waals surface area contributed by atoms with Crippen LogP contribution in [0.2, 0.25) is 0 Å². The van der Waals surface area contributed by atoms with Crippen LogP contribution in [-0.2, 0) is 0 Å². The maximum absolute atomic E-state index is 15.3. The van der Waals surface area contributed by atoms with Crippen LogP contribution in [0.1, 0.15) is 41.8 Å². The van der Waals surface area contributed by atoms with Gasteiger partial charge >= 0.3 is 0 Å². The second kappa shape index (κ2) is 8.49. The number of β-amino-alcohol motifs (C(OH)–C–C–N with tert-alkyl or cyclic N) is 1. The van der Waals surface area contributed by atoms with Gasteiger partial charge in [-0.25, -0.2) is 4.39 Å². The lowest BCUT2D eigenvalue weighted by molar-refractivity contribution is 0.0135. The van der Waals surface area contributed by atoms with Crippen LogP contribution in [0.5, 0.6) is 0 Å². The lowest BCUT2D eigenvalue weighted by Crippen LogP contribution is -2.77. The van der Waals surface area contributed by atoms with Gasteiger partial charge in [0.05, 0.1) is 41.2 Å². The summed E-state index contributed by atoms with van der Waals surface area (Å²) >= 11 is 0. The lowest BCUT2D eigenvalue weighted by Gasteiger charge is -2.63. The maximum atomic E-state index is 15.3. The van der Waals surface area contributed by atoms with E-state index in [0.29, 0.717) is 29.3 Å². The predicted molar refractivity (Wildman–Crippen MR) is 130 cm³/mol. The van der Waals surface area contributed by atoms with E-state index in [-0.39, 0.29) is 24.0 Å². The number of rotatable bonds is 6. The third-order valence-electron chi connectivity index (χ3n) is 7.46. The molecule has 0 amide bonds. The van der Waals surface area contributed by atoms with E-state index in [1.165, 1.54) is 0 Å². The molecule has 0 bridgehead atoms. The Morgan fingerprint density at radius 3 is 2.71 bits per heavy atom. The Morgan fingerprint density at radius 2 is 2.03 bits per heavy atom. The van der Waals surface area contributed by atoms with Gasteiger partial charge in [-0.2, -0.15) is 10.4 Å². The highest BCUT2D eigenvalue weighted by molar-refractivity contribution is 5.96. The number of nitrogens with one attached hydrogen (secondary N) is 1. The van der Waals surface area contributed by atoms with Crippen LogP contribution in [0.15, 0.2) is 30.3 Å². The Kier molecular flexibility index (Phi) is 5.62. The Balaban J connectivity index is 1.49. The average molecular weight is 461 g/mol. The zero-order valence-corrected chi connectivity index (χ0v) is 19.8. The first kappa shape index (κ1) is 22.5. The second-order valence-corrected chi connectivity index (χ2v) is 9.54. The van der Waals surface area contributed by atoms with E-state index in [4.69, 9.17) is 0 Å². The van der Waals surface area contributed by atoms with E-state index >= 15 is 4.39 Å². The van der Waals surface area contributed by atoms with Gasteiger partial charge in [0.1, 0.15) is 5.82 Å². The van der Waals surface area contributed by atoms with Gasteiger partial charge in [0.15, 0.2) is 5.82 Å². The van der Waals surface area contributed by atoms with E-state index in [1.54, 1.807) is 6.07 Å². The van der Waals surface area contributed by atoms with Crippen LogP contribution >= 0.6 is 0 Å². The molecule has 0 unspecified atom stereocenters. The smallest absolute Gasteiger partial charge is 0.157 e. The molecule has 34 heavy (non-hydrogen) atoms. The van der Waals surface area contributed by atoms with Gasteiger partial charge in [-0.1, -0.05) is 12.1 Å². The van der Waals surface area contributed by atoms with Crippen LogP contribution in [0.3, 0.4) is 0 Å². The molecule has 8 heteroatoms. The molecule has 176 valence electrons. The van der Waals surface area contributed by atoms with Crippen molar-refractivity contribution in [2.75, 3.05) is 43.0 Å². The van der Waals surface area contributed by atoms with Crippen molar-refractivity contribution in [1.29, 1.82) is 5.26 Å². The first-order valence-electron chi connectivity index (χ1n) is 11.7. The quantitative estimate of drug-likeness (QED) is 0.580. The third kappa shape index (κ3) is 3.56. The highest BCUT2D eigenvalue weighted by Gasteiger charge is 2.53. The molecule has 0 radical (unpaired) electrons. The minimum Gasteiger partial charge on any atom is -0.395 e. The molecule has 1 aromatic heterocycles. The number of nitriles is 1. The molecule has 2 aliphatic heterocycles. The maximum Gasteiger partial charge on any atom is 0.157 e. The van der Waals surface area contributed by atoms with Crippen LogP contribution in [0.4, 0.5) is 15.9 Å². The van der Waals surface area contributed by atoms with Crippen LogP contribution < -0.4 is 10.2 Å². The van der Waals surface area contributed by atoms with Gasteiger partial charge in [-0.15, -0.1) is 5.10 Å². The molecule has 1 atom stereocenters. The third-order valence-corrected chi connectivity index (χ3v) is 7.46. The fraction of sp³-hybridized carbons (Fsp3) is 0.423. The van der Waals surface area contributed by atoms with E-state index in [0.717, 1.165) is 48.0 Å². The number of hydrogen-bond donors (Lipinski definition) is 2. The summed E-state index contributed by atoms with van der Waals surface area (Å²) < 4.78 is 15.3. The monoisotopic (exact) mass is 460 g/mol. The number of aliphatic hydroxyl groups is 1. The molecule has 7 nitrogen and oxygen atoms in total. The molecular weight excluding hydrogens is 431 g/mol. The van der Waals surface area contributed by atoms with Crippen molar-refractivity contribution >= 4 is 22.3 Å².